The van der Waals surface area contributed by atoms with E-state index in [1.807, 2.05) is 26.0 Å². The van der Waals surface area contributed by atoms with Crippen LogP contribution in [0.4, 0.5) is 15.8 Å². The van der Waals surface area contributed by atoms with Crippen molar-refractivity contribution in [2.24, 2.45) is 0 Å². The van der Waals surface area contributed by atoms with Crippen LogP contribution in [0, 0.1) is 19.7 Å². The van der Waals surface area contributed by atoms with Gasteiger partial charge in [0.25, 0.3) is 5.91 Å². The van der Waals surface area contributed by atoms with Gasteiger partial charge in [0.1, 0.15) is 5.82 Å². The van der Waals surface area contributed by atoms with Crippen LogP contribution in [-0.2, 0) is 0 Å². The molecule has 0 atom stereocenters. The first-order valence-corrected chi connectivity index (χ1v) is 5.91. The van der Waals surface area contributed by atoms with Crippen LogP contribution in [0.3, 0.4) is 0 Å². The average Bonchev–Trinajstić information content (AvgIpc) is 2.36. The highest BCUT2D eigenvalue weighted by Gasteiger charge is 2.12. The Morgan fingerprint density at radius 2 is 1.84 bits per heavy atom. The number of carbonyl (C=O) groups is 1. The molecule has 0 radical (unpaired) electrons. The third-order valence-electron chi connectivity index (χ3n) is 3.00. The molecule has 0 bridgehead atoms. The van der Waals surface area contributed by atoms with Gasteiger partial charge in [-0.3, -0.25) is 4.79 Å². The molecular weight excluding hydrogens is 243 g/mol. The summed E-state index contributed by atoms with van der Waals surface area (Å²) in [5, 5.41) is 2.66. The van der Waals surface area contributed by atoms with Gasteiger partial charge in [0.15, 0.2) is 0 Å². The molecule has 0 fully saturated rings. The lowest BCUT2D eigenvalue weighted by atomic mass is 10.1. The predicted molar refractivity (Wildman–Crippen MR) is 74.7 cm³/mol. The van der Waals surface area contributed by atoms with Crippen LogP contribution < -0.4 is 11.1 Å². The maximum atomic E-state index is 13.5. The van der Waals surface area contributed by atoms with E-state index in [1.165, 1.54) is 18.2 Å². The number of benzene rings is 2. The number of amides is 1. The molecule has 19 heavy (non-hydrogen) atoms. The lowest BCUT2D eigenvalue weighted by Crippen LogP contribution is -2.14. The first-order valence-electron chi connectivity index (χ1n) is 5.91. The number of hydrogen-bond donors (Lipinski definition) is 2. The zero-order chi connectivity index (χ0) is 14.0. The Morgan fingerprint density at radius 3 is 2.53 bits per heavy atom. The van der Waals surface area contributed by atoms with Crippen molar-refractivity contribution in [3.8, 4) is 0 Å². The molecule has 98 valence electrons. The highest BCUT2D eigenvalue weighted by Crippen LogP contribution is 2.17. The Kier molecular flexibility index (Phi) is 3.51. The molecule has 0 aromatic heterocycles. The van der Waals surface area contributed by atoms with Gasteiger partial charge in [-0.2, -0.15) is 0 Å². The van der Waals surface area contributed by atoms with E-state index < -0.39 is 11.7 Å². The van der Waals surface area contributed by atoms with Crippen molar-refractivity contribution in [3.05, 3.63) is 58.9 Å². The number of nitrogens with one attached hydrogen (secondary N) is 1. The lowest BCUT2D eigenvalue weighted by Gasteiger charge is -2.08. The van der Waals surface area contributed by atoms with E-state index in [9.17, 15) is 9.18 Å². The normalized spacial score (nSPS) is 10.3. The van der Waals surface area contributed by atoms with E-state index in [-0.39, 0.29) is 5.56 Å². The van der Waals surface area contributed by atoms with Crippen molar-refractivity contribution in [3.63, 3.8) is 0 Å². The van der Waals surface area contributed by atoms with E-state index in [4.69, 9.17) is 5.73 Å². The van der Waals surface area contributed by atoms with Gasteiger partial charge < -0.3 is 11.1 Å². The smallest absolute Gasteiger partial charge is 0.258 e. The van der Waals surface area contributed by atoms with E-state index in [1.54, 1.807) is 6.07 Å². The maximum absolute atomic E-state index is 13.5. The maximum Gasteiger partial charge on any atom is 0.258 e. The molecule has 0 spiro atoms. The van der Waals surface area contributed by atoms with Gasteiger partial charge in [0.05, 0.1) is 5.56 Å². The minimum Gasteiger partial charge on any atom is -0.399 e. The van der Waals surface area contributed by atoms with E-state index in [0.717, 1.165) is 11.1 Å². The third kappa shape index (κ3) is 2.91. The molecule has 3 nitrogen and oxygen atoms in total. The molecule has 4 heteroatoms. The number of halogens is 1. The number of nitrogen functional groups attached to an aromatic ring is 1. The van der Waals surface area contributed by atoms with Crippen LogP contribution >= 0.6 is 0 Å². The van der Waals surface area contributed by atoms with Gasteiger partial charge in [-0.1, -0.05) is 6.07 Å². The number of hydrogen-bond acceptors (Lipinski definition) is 2. The highest BCUT2D eigenvalue weighted by atomic mass is 19.1. The van der Waals surface area contributed by atoms with Crippen LogP contribution in [0.1, 0.15) is 21.5 Å². The second kappa shape index (κ2) is 5.10. The molecule has 2 aromatic rings. The van der Waals surface area contributed by atoms with Gasteiger partial charge in [-0.05, 0) is 55.3 Å². The molecule has 3 N–H and O–H groups in total. The molecule has 1 amide bonds. The summed E-state index contributed by atoms with van der Waals surface area (Å²) in [6.45, 7) is 3.94. The van der Waals surface area contributed by atoms with Crippen molar-refractivity contribution < 1.29 is 9.18 Å². The fourth-order valence-corrected chi connectivity index (χ4v) is 1.73. The Hall–Kier alpha value is -2.36. The summed E-state index contributed by atoms with van der Waals surface area (Å²) in [7, 11) is 0. The molecule has 2 rings (SSSR count). The van der Waals surface area contributed by atoms with Crippen molar-refractivity contribution >= 4 is 17.3 Å². The Bertz CT molecular complexity index is 638. The molecule has 0 heterocycles. The standard InChI is InChI=1S/C15H15FN2O/c1-9-3-5-12(7-10(9)2)18-15(19)13-8-11(17)4-6-14(13)16/h3-8H,17H2,1-2H3,(H,18,19). The monoisotopic (exact) mass is 258 g/mol. The molecule has 0 saturated heterocycles. The third-order valence-corrected chi connectivity index (χ3v) is 3.00. The Morgan fingerprint density at radius 1 is 1.11 bits per heavy atom. The van der Waals surface area contributed by atoms with Crippen molar-refractivity contribution in [2.75, 3.05) is 11.1 Å². The van der Waals surface area contributed by atoms with Crippen molar-refractivity contribution in [1.82, 2.24) is 0 Å². The minimum absolute atomic E-state index is 0.0572. The number of carbonyl (C=O) groups excluding carboxylic acids is 1. The summed E-state index contributed by atoms with van der Waals surface area (Å²) in [6.07, 6.45) is 0. The van der Waals surface area contributed by atoms with Gasteiger partial charge in [0.2, 0.25) is 0 Å². The minimum atomic E-state index is -0.587. The van der Waals surface area contributed by atoms with E-state index >= 15 is 0 Å². The molecule has 0 aliphatic carbocycles. The van der Waals surface area contributed by atoms with Crippen LogP contribution in [0.2, 0.25) is 0 Å². The fraction of sp³-hybridized carbons (Fsp3) is 0.133. The van der Waals surface area contributed by atoms with Gasteiger partial charge in [-0.15, -0.1) is 0 Å². The summed E-state index contributed by atoms with van der Waals surface area (Å²) < 4.78 is 13.5. The van der Waals surface area contributed by atoms with Gasteiger partial charge >= 0.3 is 0 Å². The molecule has 2 aromatic carbocycles. The number of nitrogens with two attached hydrogens (primary N) is 1. The number of rotatable bonds is 2. The van der Waals surface area contributed by atoms with Gasteiger partial charge in [-0.25, -0.2) is 4.39 Å². The molecule has 0 aliphatic rings. The molecular formula is C15H15FN2O. The van der Waals surface area contributed by atoms with E-state index in [2.05, 4.69) is 5.32 Å². The average molecular weight is 258 g/mol. The van der Waals surface area contributed by atoms with Crippen LogP contribution in [-0.4, -0.2) is 5.91 Å². The SMILES string of the molecule is Cc1ccc(NC(=O)c2cc(N)ccc2F)cc1C. The van der Waals surface area contributed by atoms with Gasteiger partial charge in [0, 0.05) is 11.4 Å². The summed E-state index contributed by atoms with van der Waals surface area (Å²) in [5.74, 6) is -1.09. The van der Waals surface area contributed by atoms with Crippen molar-refractivity contribution in [2.45, 2.75) is 13.8 Å². The Labute approximate surface area is 111 Å². The predicted octanol–water partition coefficient (Wildman–Crippen LogP) is 3.28. The number of anilines is 2. The number of aryl methyl sites for hydroxylation is 2. The van der Waals surface area contributed by atoms with Crippen LogP contribution in [0.25, 0.3) is 0 Å². The topological polar surface area (TPSA) is 55.1 Å². The summed E-state index contributed by atoms with van der Waals surface area (Å²) >= 11 is 0. The van der Waals surface area contributed by atoms with Crippen LogP contribution in [0.5, 0.6) is 0 Å². The first-order chi connectivity index (χ1) is 8.97. The second-order valence-corrected chi connectivity index (χ2v) is 4.49. The summed E-state index contributed by atoms with van der Waals surface area (Å²) in [4.78, 5) is 12.0. The largest absolute Gasteiger partial charge is 0.399 e. The Balaban J connectivity index is 2.25. The highest BCUT2D eigenvalue weighted by molar-refractivity contribution is 6.05. The second-order valence-electron chi connectivity index (χ2n) is 4.49. The molecule has 0 saturated carbocycles. The van der Waals surface area contributed by atoms with E-state index in [0.29, 0.717) is 11.4 Å². The fourth-order valence-electron chi connectivity index (χ4n) is 1.73. The lowest BCUT2D eigenvalue weighted by molar-refractivity contribution is 0.102. The molecule has 0 unspecified atom stereocenters. The zero-order valence-electron chi connectivity index (χ0n) is 10.8. The summed E-state index contributed by atoms with van der Waals surface area (Å²) in [5.41, 5.74) is 8.68. The quantitative estimate of drug-likeness (QED) is 0.812. The van der Waals surface area contributed by atoms with Crippen molar-refractivity contribution in [1.29, 1.82) is 0 Å². The zero-order valence-corrected chi connectivity index (χ0v) is 10.8. The van der Waals surface area contributed by atoms with Crippen LogP contribution in [0.15, 0.2) is 36.4 Å². The summed E-state index contributed by atoms with van der Waals surface area (Å²) in [6, 6.07) is 9.46. The first kappa shape index (κ1) is 13.1. The molecule has 0 aliphatic heterocycles.